The van der Waals surface area contributed by atoms with Crippen LogP contribution in [0.25, 0.3) is 0 Å². The van der Waals surface area contributed by atoms with Crippen molar-refractivity contribution in [2.45, 2.75) is 25.8 Å². The molecule has 1 aliphatic rings. The van der Waals surface area contributed by atoms with E-state index in [0.29, 0.717) is 11.1 Å². The first-order valence-corrected chi connectivity index (χ1v) is 5.05. The summed E-state index contributed by atoms with van der Waals surface area (Å²) in [5.74, 6) is -1.81. The van der Waals surface area contributed by atoms with Gasteiger partial charge in [0.05, 0.1) is 0 Å². The van der Waals surface area contributed by atoms with Crippen LogP contribution in [0.1, 0.15) is 30.0 Å². The molecule has 3 N–H and O–H groups in total. The Balaban J connectivity index is 2.47. The molecular formula is C11H14FNO2. The van der Waals surface area contributed by atoms with Crippen molar-refractivity contribution in [1.82, 2.24) is 5.32 Å². The average molecular weight is 211 g/mol. The fraction of sp³-hybridized carbons (Fsp3) is 0.455. The highest BCUT2D eigenvalue weighted by Crippen LogP contribution is 2.37. The topological polar surface area (TPSA) is 52.5 Å². The molecule has 0 radical (unpaired) electrons. The van der Waals surface area contributed by atoms with Crippen molar-refractivity contribution in [3.63, 3.8) is 0 Å². The maximum Gasteiger partial charge on any atom is 0.206 e. The van der Waals surface area contributed by atoms with Gasteiger partial charge < -0.3 is 15.5 Å². The third-order valence-electron chi connectivity index (χ3n) is 2.87. The number of aromatic hydroxyl groups is 2. The van der Waals surface area contributed by atoms with Gasteiger partial charge in [0.25, 0.3) is 0 Å². The number of halogens is 1. The molecule has 0 spiro atoms. The number of aryl methyl sites for hydroxylation is 1. The summed E-state index contributed by atoms with van der Waals surface area (Å²) in [4.78, 5) is 0. The van der Waals surface area contributed by atoms with Crippen molar-refractivity contribution >= 4 is 0 Å². The van der Waals surface area contributed by atoms with Gasteiger partial charge in [-0.2, -0.15) is 4.39 Å². The zero-order valence-electron chi connectivity index (χ0n) is 8.55. The van der Waals surface area contributed by atoms with Gasteiger partial charge >= 0.3 is 0 Å². The van der Waals surface area contributed by atoms with Crippen LogP contribution >= 0.6 is 0 Å². The van der Waals surface area contributed by atoms with Crippen LogP contribution in [-0.4, -0.2) is 16.8 Å². The quantitative estimate of drug-likeness (QED) is 0.665. The standard InChI is InChI=1S/C11H14FNO2/c1-6-5-7(8-3-2-4-13-8)11(15)9(12)10(6)14/h5,8,13-15H,2-4H2,1H3. The lowest BCUT2D eigenvalue weighted by atomic mass is 10.0. The van der Waals surface area contributed by atoms with Crippen molar-refractivity contribution in [1.29, 1.82) is 0 Å². The molecule has 3 nitrogen and oxygen atoms in total. The lowest BCUT2D eigenvalue weighted by molar-refractivity contribution is 0.378. The molecule has 1 heterocycles. The summed E-state index contributed by atoms with van der Waals surface area (Å²) < 4.78 is 13.4. The molecule has 0 bridgehead atoms. The molecule has 0 saturated carbocycles. The van der Waals surface area contributed by atoms with Crippen LogP contribution < -0.4 is 5.32 Å². The van der Waals surface area contributed by atoms with Crippen molar-refractivity contribution in [3.8, 4) is 11.5 Å². The molecule has 1 aliphatic heterocycles. The number of hydrogen-bond acceptors (Lipinski definition) is 3. The van der Waals surface area contributed by atoms with Crippen LogP contribution in [0.3, 0.4) is 0 Å². The van der Waals surface area contributed by atoms with Crippen molar-refractivity contribution in [2.24, 2.45) is 0 Å². The van der Waals surface area contributed by atoms with E-state index in [2.05, 4.69) is 5.32 Å². The molecule has 0 aliphatic carbocycles. The van der Waals surface area contributed by atoms with E-state index < -0.39 is 17.3 Å². The molecule has 1 fully saturated rings. The van der Waals surface area contributed by atoms with E-state index in [9.17, 15) is 14.6 Å². The number of phenols is 2. The average Bonchev–Trinajstić information content (AvgIpc) is 2.73. The highest BCUT2D eigenvalue weighted by Gasteiger charge is 2.23. The van der Waals surface area contributed by atoms with Gasteiger partial charge in [0.15, 0.2) is 11.5 Å². The van der Waals surface area contributed by atoms with Crippen molar-refractivity contribution in [3.05, 3.63) is 23.0 Å². The lowest BCUT2D eigenvalue weighted by Crippen LogP contribution is -2.13. The predicted octanol–water partition coefficient (Wildman–Crippen LogP) is 1.97. The summed E-state index contributed by atoms with van der Waals surface area (Å²) in [6.07, 6.45) is 1.91. The maximum absolute atomic E-state index is 13.4. The second-order valence-corrected chi connectivity index (χ2v) is 3.94. The summed E-state index contributed by atoms with van der Waals surface area (Å²) in [7, 11) is 0. The summed E-state index contributed by atoms with van der Waals surface area (Å²) in [5.41, 5.74) is 0.995. The largest absolute Gasteiger partial charge is 0.505 e. The number of phenolic OH excluding ortho intramolecular Hbond substituents is 2. The Morgan fingerprint density at radius 3 is 2.73 bits per heavy atom. The van der Waals surface area contributed by atoms with Crippen LogP contribution in [0.5, 0.6) is 11.5 Å². The molecule has 1 aromatic rings. The van der Waals surface area contributed by atoms with E-state index in [4.69, 9.17) is 0 Å². The van der Waals surface area contributed by atoms with Gasteiger partial charge in [-0.05, 0) is 37.9 Å². The fourth-order valence-electron chi connectivity index (χ4n) is 2.00. The minimum Gasteiger partial charge on any atom is -0.505 e. The molecule has 1 unspecified atom stereocenters. The summed E-state index contributed by atoms with van der Waals surface area (Å²) in [5, 5.41) is 22.1. The van der Waals surface area contributed by atoms with Crippen LogP contribution in [0, 0.1) is 12.7 Å². The summed E-state index contributed by atoms with van der Waals surface area (Å²) in [6, 6.07) is 1.63. The number of hydrogen-bond donors (Lipinski definition) is 3. The van der Waals surface area contributed by atoms with Crippen molar-refractivity contribution in [2.75, 3.05) is 6.54 Å². The Morgan fingerprint density at radius 2 is 2.13 bits per heavy atom. The van der Waals surface area contributed by atoms with Crippen molar-refractivity contribution < 1.29 is 14.6 Å². The van der Waals surface area contributed by atoms with E-state index in [1.165, 1.54) is 0 Å². The smallest absolute Gasteiger partial charge is 0.206 e. The molecule has 1 saturated heterocycles. The molecule has 0 aromatic heterocycles. The zero-order valence-corrected chi connectivity index (χ0v) is 8.55. The third kappa shape index (κ3) is 1.65. The Hall–Kier alpha value is -1.29. The van der Waals surface area contributed by atoms with Gasteiger partial charge in [-0.25, -0.2) is 0 Å². The minimum absolute atomic E-state index is 0.00111. The van der Waals surface area contributed by atoms with Gasteiger partial charge in [-0.15, -0.1) is 0 Å². The van der Waals surface area contributed by atoms with Crippen LogP contribution in [0.15, 0.2) is 6.07 Å². The number of benzene rings is 1. The van der Waals surface area contributed by atoms with Gasteiger partial charge in [0.2, 0.25) is 5.82 Å². The predicted molar refractivity (Wildman–Crippen MR) is 54.4 cm³/mol. The molecule has 82 valence electrons. The molecule has 4 heteroatoms. The summed E-state index contributed by atoms with van der Waals surface area (Å²) in [6.45, 7) is 2.50. The monoisotopic (exact) mass is 211 g/mol. The van der Waals surface area contributed by atoms with Crippen LogP contribution in [0.4, 0.5) is 4.39 Å². The lowest BCUT2D eigenvalue weighted by Gasteiger charge is -2.15. The van der Waals surface area contributed by atoms with E-state index in [-0.39, 0.29) is 6.04 Å². The summed E-state index contributed by atoms with van der Waals surface area (Å²) >= 11 is 0. The zero-order chi connectivity index (χ0) is 11.0. The molecule has 1 atom stereocenters. The highest BCUT2D eigenvalue weighted by atomic mass is 19.1. The number of nitrogens with one attached hydrogen (secondary N) is 1. The molecular weight excluding hydrogens is 197 g/mol. The van der Waals surface area contributed by atoms with Gasteiger partial charge in [-0.1, -0.05) is 0 Å². The van der Waals surface area contributed by atoms with Crippen LogP contribution in [-0.2, 0) is 0 Å². The highest BCUT2D eigenvalue weighted by molar-refractivity contribution is 5.47. The first-order chi connectivity index (χ1) is 7.11. The number of rotatable bonds is 1. The maximum atomic E-state index is 13.4. The SMILES string of the molecule is Cc1cc(C2CCCN2)c(O)c(F)c1O. The molecule has 1 aromatic carbocycles. The Morgan fingerprint density at radius 1 is 1.40 bits per heavy atom. The third-order valence-corrected chi connectivity index (χ3v) is 2.87. The minimum atomic E-state index is -0.918. The van der Waals surface area contributed by atoms with Gasteiger partial charge in [-0.3, -0.25) is 0 Å². The molecule has 0 amide bonds. The van der Waals surface area contributed by atoms with E-state index in [0.717, 1.165) is 19.4 Å². The molecule has 15 heavy (non-hydrogen) atoms. The van der Waals surface area contributed by atoms with E-state index in [1.54, 1.807) is 13.0 Å². The van der Waals surface area contributed by atoms with Gasteiger partial charge in [0, 0.05) is 11.6 Å². The Bertz CT molecular complexity index is 387. The first kappa shape index (κ1) is 10.2. The van der Waals surface area contributed by atoms with Crippen LogP contribution in [0.2, 0.25) is 0 Å². The second kappa shape index (κ2) is 3.70. The Kier molecular flexibility index (Phi) is 2.52. The molecule has 2 rings (SSSR count). The van der Waals surface area contributed by atoms with E-state index in [1.807, 2.05) is 0 Å². The fourth-order valence-corrected chi connectivity index (χ4v) is 2.00. The van der Waals surface area contributed by atoms with Gasteiger partial charge in [0.1, 0.15) is 0 Å². The van der Waals surface area contributed by atoms with E-state index >= 15 is 0 Å². The second-order valence-electron chi connectivity index (χ2n) is 3.94. The first-order valence-electron chi connectivity index (χ1n) is 5.05. The Labute approximate surface area is 87.6 Å². The normalized spacial score (nSPS) is 20.8.